The molecule has 15 heavy (non-hydrogen) atoms. The first-order valence-electron chi connectivity index (χ1n) is 5.37. The van der Waals surface area contributed by atoms with Crippen LogP contribution >= 0.6 is 11.3 Å². The van der Waals surface area contributed by atoms with E-state index in [1.54, 1.807) is 0 Å². The van der Waals surface area contributed by atoms with Crippen molar-refractivity contribution >= 4 is 22.9 Å². The smallest absolute Gasteiger partial charge is 0.173 e. The lowest BCUT2D eigenvalue weighted by molar-refractivity contribution is -0.124. The third kappa shape index (κ3) is 2.53. The predicted molar refractivity (Wildman–Crippen MR) is 60.2 cm³/mol. The van der Waals surface area contributed by atoms with Gasteiger partial charge < -0.3 is 0 Å². The monoisotopic (exact) mass is 222 g/mol. The molecule has 0 radical (unpaired) electrons. The van der Waals surface area contributed by atoms with Gasteiger partial charge in [-0.2, -0.15) is 0 Å². The molecule has 0 amide bonds. The van der Waals surface area contributed by atoms with Gasteiger partial charge in [-0.15, -0.1) is 11.3 Å². The quantitative estimate of drug-likeness (QED) is 0.736. The van der Waals surface area contributed by atoms with Crippen LogP contribution in [0.15, 0.2) is 17.5 Å². The van der Waals surface area contributed by atoms with Crippen LogP contribution in [0.25, 0.3) is 0 Å². The fraction of sp³-hybridized carbons (Fsp3) is 0.500. The molecule has 0 N–H and O–H groups in total. The second kappa shape index (κ2) is 4.71. The van der Waals surface area contributed by atoms with Crippen LogP contribution in [0.3, 0.4) is 0 Å². The van der Waals surface area contributed by atoms with Crippen molar-refractivity contribution in [3.63, 3.8) is 0 Å². The van der Waals surface area contributed by atoms with Crippen LogP contribution in [0.4, 0.5) is 0 Å². The van der Waals surface area contributed by atoms with Crippen molar-refractivity contribution in [2.24, 2.45) is 5.92 Å². The summed E-state index contributed by atoms with van der Waals surface area (Å²) in [4.78, 5) is 24.1. The van der Waals surface area contributed by atoms with E-state index in [0.717, 1.165) is 24.1 Å². The Balaban J connectivity index is 1.96. The van der Waals surface area contributed by atoms with Crippen LogP contribution in [0.1, 0.15) is 41.8 Å². The zero-order valence-electron chi connectivity index (χ0n) is 8.57. The van der Waals surface area contributed by atoms with Crippen molar-refractivity contribution in [1.29, 1.82) is 0 Å². The van der Waals surface area contributed by atoms with Gasteiger partial charge in [-0.25, -0.2) is 0 Å². The molecule has 1 aliphatic carbocycles. The third-order valence-corrected chi connectivity index (χ3v) is 3.82. The Morgan fingerprint density at radius 3 is 3.00 bits per heavy atom. The summed E-state index contributed by atoms with van der Waals surface area (Å²) in [5.41, 5.74) is 0. The summed E-state index contributed by atoms with van der Waals surface area (Å²) in [6.45, 7) is 0. The lowest BCUT2D eigenvalue weighted by Crippen LogP contribution is -2.21. The van der Waals surface area contributed by atoms with Gasteiger partial charge in [0.2, 0.25) is 0 Å². The summed E-state index contributed by atoms with van der Waals surface area (Å²) in [7, 11) is 0. The minimum absolute atomic E-state index is 0.00616. The van der Waals surface area contributed by atoms with Crippen LogP contribution < -0.4 is 0 Å². The Hall–Kier alpha value is -0.960. The van der Waals surface area contributed by atoms with Gasteiger partial charge in [-0.3, -0.25) is 9.59 Å². The summed E-state index contributed by atoms with van der Waals surface area (Å²) in [5.74, 6) is 0.407. The second-order valence-corrected chi connectivity index (χ2v) is 4.96. The van der Waals surface area contributed by atoms with Gasteiger partial charge in [0.1, 0.15) is 5.78 Å². The molecule has 1 saturated carbocycles. The Labute approximate surface area is 93.3 Å². The molecule has 2 nitrogen and oxygen atoms in total. The minimum atomic E-state index is -0.00616. The Morgan fingerprint density at radius 1 is 1.47 bits per heavy atom. The summed E-state index contributed by atoms with van der Waals surface area (Å²) in [6.07, 6.45) is 4.08. The molecule has 1 unspecified atom stereocenters. The van der Waals surface area contributed by atoms with E-state index < -0.39 is 0 Å². The summed E-state index contributed by atoms with van der Waals surface area (Å²) >= 11 is 1.46. The highest BCUT2D eigenvalue weighted by Crippen LogP contribution is 2.25. The first-order chi connectivity index (χ1) is 7.27. The molecule has 0 spiro atoms. The predicted octanol–water partition coefficient (Wildman–Crippen LogP) is 3.08. The zero-order chi connectivity index (χ0) is 10.7. The van der Waals surface area contributed by atoms with Crippen molar-refractivity contribution in [3.05, 3.63) is 22.4 Å². The first kappa shape index (κ1) is 10.6. The number of ketones is 2. The van der Waals surface area contributed by atoms with Gasteiger partial charge in [0.05, 0.1) is 4.88 Å². The highest BCUT2D eigenvalue weighted by molar-refractivity contribution is 7.12. The largest absolute Gasteiger partial charge is 0.299 e. The molecular weight excluding hydrogens is 208 g/mol. The Morgan fingerprint density at radius 2 is 2.33 bits per heavy atom. The molecule has 0 aromatic carbocycles. The Bertz CT molecular complexity index is 354. The van der Waals surface area contributed by atoms with Crippen LogP contribution in [0.2, 0.25) is 0 Å². The SMILES string of the molecule is O=C(CC1CCCCC1=O)c1cccs1. The summed E-state index contributed by atoms with van der Waals surface area (Å²) < 4.78 is 0. The number of carbonyl (C=O) groups excluding carboxylic acids is 2. The van der Waals surface area contributed by atoms with Gasteiger partial charge in [0, 0.05) is 18.8 Å². The number of Topliss-reactive ketones (excluding diaryl/α,β-unsaturated/α-hetero) is 2. The second-order valence-electron chi connectivity index (χ2n) is 4.01. The number of hydrogen-bond donors (Lipinski definition) is 0. The summed E-state index contributed by atoms with van der Waals surface area (Å²) in [6, 6.07) is 3.71. The highest BCUT2D eigenvalue weighted by atomic mass is 32.1. The van der Waals surface area contributed by atoms with E-state index in [1.807, 2.05) is 17.5 Å². The molecular formula is C12H14O2S. The molecule has 0 bridgehead atoms. The van der Waals surface area contributed by atoms with Gasteiger partial charge in [-0.05, 0) is 24.3 Å². The topological polar surface area (TPSA) is 34.1 Å². The fourth-order valence-corrected chi connectivity index (χ4v) is 2.71. The molecule has 0 aliphatic heterocycles. The fourth-order valence-electron chi connectivity index (χ4n) is 2.03. The third-order valence-electron chi connectivity index (χ3n) is 2.91. The van der Waals surface area contributed by atoms with Gasteiger partial charge in [-0.1, -0.05) is 12.5 Å². The molecule has 1 heterocycles. The number of hydrogen-bond acceptors (Lipinski definition) is 3. The maximum absolute atomic E-state index is 11.8. The first-order valence-corrected chi connectivity index (χ1v) is 6.25. The van der Waals surface area contributed by atoms with Crippen LogP contribution in [-0.2, 0) is 4.79 Å². The lowest BCUT2D eigenvalue weighted by Gasteiger charge is -2.19. The van der Waals surface area contributed by atoms with Crippen LogP contribution in [0.5, 0.6) is 0 Å². The van der Waals surface area contributed by atoms with E-state index in [-0.39, 0.29) is 17.5 Å². The molecule has 3 heteroatoms. The van der Waals surface area contributed by atoms with Crippen molar-refractivity contribution in [2.75, 3.05) is 0 Å². The van der Waals surface area contributed by atoms with Gasteiger partial charge >= 0.3 is 0 Å². The minimum Gasteiger partial charge on any atom is -0.299 e. The number of rotatable bonds is 3. The molecule has 80 valence electrons. The molecule has 1 fully saturated rings. The number of thiophene rings is 1. The normalized spacial score (nSPS) is 21.6. The summed E-state index contributed by atoms with van der Waals surface area (Å²) in [5, 5.41) is 1.90. The molecule has 1 aliphatic rings. The van der Waals surface area contributed by atoms with E-state index in [0.29, 0.717) is 12.8 Å². The molecule has 0 saturated heterocycles. The molecule has 1 atom stereocenters. The Kier molecular flexibility index (Phi) is 3.31. The van der Waals surface area contributed by atoms with Gasteiger partial charge in [0.25, 0.3) is 0 Å². The highest BCUT2D eigenvalue weighted by Gasteiger charge is 2.25. The van der Waals surface area contributed by atoms with E-state index in [1.165, 1.54) is 11.3 Å². The number of carbonyl (C=O) groups is 2. The van der Waals surface area contributed by atoms with E-state index >= 15 is 0 Å². The van der Waals surface area contributed by atoms with Crippen molar-refractivity contribution in [3.8, 4) is 0 Å². The van der Waals surface area contributed by atoms with Crippen molar-refractivity contribution < 1.29 is 9.59 Å². The lowest BCUT2D eigenvalue weighted by atomic mass is 9.84. The van der Waals surface area contributed by atoms with Gasteiger partial charge in [0.15, 0.2) is 5.78 Å². The average molecular weight is 222 g/mol. The molecule has 1 aromatic rings. The zero-order valence-corrected chi connectivity index (χ0v) is 9.39. The average Bonchev–Trinajstić information content (AvgIpc) is 2.74. The molecule has 2 rings (SSSR count). The van der Waals surface area contributed by atoms with Crippen molar-refractivity contribution in [1.82, 2.24) is 0 Å². The van der Waals surface area contributed by atoms with E-state index in [4.69, 9.17) is 0 Å². The standard InChI is InChI=1S/C12H14O2S/c13-10-5-2-1-4-9(10)8-11(14)12-6-3-7-15-12/h3,6-7,9H,1-2,4-5,8H2. The van der Waals surface area contributed by atoms with E-state index in [2.05, 4.69) is 0 Å². The van der Waals surface area contributed by atoms with E-state index in [9.17, 15) is 9.59 Å². The maximum Gasteiger partial charge on any atom is 0.173 e. The maximum atomic E-state index is 11.8. The molecule has 1 aromatic heterocycles. The van der Waals surface area contributed by atoms with Crippen LogP contribution in [0, 0.1) is 5.92 Å². The van der Waals surface area contributed by atoms with Crippen molar-refractivity contribution in [2.45, 2.75) is 32.1 Å². The van der Waals surface area contributed by atoms with Crippen LogP contribution in [-0.4, -0.2) is 11.6 Å².